The van der Waals surface area contributed by atoms with E-state index in [0.717, 1.165) is 18.2 Å². The molecule has 0 unspecified atom stereocenters. The molecule has 0 saturated heterocycles. The summed E-state index contributed by atoms with van der Waals surface area (Å²) in [6.45, 7) is 5.63. The fourth-order valence-electron chi connectivity index (χ4n) is 2.79. The monoisotopic (exact) mass is 278 g/mol. The molecule has 0 atom stereocenters. The Labute approximate surface area is 121 Å². The minimum atomic E-state index is 0.153. The zero-order valence-corrected chi connectivity index (χ0v) is 12.8. The molecule has 5 heteroatoms. The van der Waals surface area contributed by atoms with Crippen LogP contribution in [-0.2, 0) is 11.3 Å². The topological polar surface area (TPSA) is 59.1 Å². The first-order valence-corrected chi connectivity index (χ1v) is 7.54. The second-order valence-electron chi connectivity index (χ2n) is 5.76. The SMILES string of the molecule is CCNc1cc(NC2(C)CCCCC2)nc(COC)n1. The zero-order valence-electron chi connectivity index (χ0n) is 12.8. The van der Waals surface area contributed by atoms with Crippen molar-refractivity contribution in [3.63, 3.8) is 0 Å². The molecule has 0 aromatic carbocycles. The first kappa shape index (κ1) is 15.0. The van der Waals surface area contributed by atoms with Gasteiger partial charge in [0.15, 0.2) is 5.82 Å². The van der Waals surface area contributed by atoms with E-state index in [0.29, 0.717) is 12.4 Å². The molecular formula is C15H26N4O. The largest absolute Gasteiger partial charge is 0.377 e. The molecular weight excluding hydrogens is 252 g/mol. The third kappa shape index (κ3) is 4.07. The Kier molecular flexibility index (Phi) is 5.17. The normalized spacial score (nSPS) is 17.8. The number of hydrogen-bond acceptors (Lipinski definition) is 5. The molecule has 2 rings (SSSR count). The molecule has 0 bridgehead atoms. The average Bonchev–Trinajstić information content (AvgIpc) is 2.39. The van der Waals surface area contributed by atoms with Gasteiger partial charge in [0, 0.05) is 25.3 Å². The molecule has 20 heavy (non-hydrogen) atoms. The zero-order chi connectivity index (χ0) is 14.4. The van der Waals surface area contributed by atoms with Gasteiger partial charge in [0.1, 0.15) is 18.2 Å². The maximum Gasteiger partial charge on any atom is 0.158 e. The highest BCUT2D eigenvalue weighted by Gasteiger charge is 2.27. The highest BCUT2D eigenvalue weighted by molar-refractivity contribution is 5.49. The lowest BCUT2D eigenvalue weighted by atomic mass is 9.83. The Morgan fingerprint density at radius 1 is 1.20 bits per heavy atom. The number of rotatable bonds is 6. The molecule has 0 amide bonds. The molecule has 5 nitrogen and oxygen atoms in total. The van der Waals surface area contributed by atoms with Crippen molar-refractivity contribution >= 4 is 11.6 Å². The summed E-state index contributed by atoms with van der Waals surface area (Å²) in [5, 5.41) is 6.86. The van der Waals surface area contributed by atoms with Gasteiger partial charge in [-0.1, -0.05) is 19.3 Å². The van der Waals surface area contributed by atoms with Crippen molar-refractivity contribution in [2.45, 2.75) is 58.1 Å². The molecule has 2 N–H and O–H groups in total. The van der Waals surface area contributed by atoms with E-state index in [9.17, 15) is 0 Å². The molecule has 1 heterocycles. The van der Waals surface area contributed by atoms with Crippen molar-refractivity contribution in [3.8, 4) is 0 Å². The Bertz CT molecular complexity index is 406. The highest BCUT2D eigenvalue weighted by Crippen LogP contribution is 2.31. The van der Waals surface area contributed by atoms with Crippen molar-refractivity contribution in [3.05, 3.63) is 11.9 Å². The van der Waals surface area contributed by atoms with Gasteiger partial charge in [-0.2, -0.15) is 0 Å². The van der Waals surface area contributed by atoms with E-state index in [1.54, 1.807) is 7.11 Å². The lowest BCUT2D eigenvalue weighted by Gasteiger charge is -2.35. The van der Waals surface area contributed by atoms with Crippen LogP contribution in [0.15, 0.2) is 6.07 Å². The van der Waals surface area contributed by atoms with Crippen molar-refractivity contribution in [1.82, 2.24) is 9.97 Å². The van der Waals surface area contributed by atoms with Gasteiger partial charge in [-0.15, -0.1) is 0 Å². The third-order valence-corrected chi connectivity index (χ3v) is 3.79. The van der Waals surface area contributed by atoms with E-state index in [1.807, 2.05) is 6.07 Å². The summed E-state index contributed by atoms with van der Waals surface area (Å²) in [5.41, 5.74) is 0.153. The predicted molar refractivity (Wildman–Crippen MR) is 82.0 cm³/mol. The maximum atomic E-state index is 5.15. The number of nitrogens with zero attached hydrogens (tertiary/aromatic N) is 2. The number of nitrogens with one attached hydrogen (secondary N) is 2. The highest BCUT2D eigenvalue weighted by atomic mass is 16.5. The van der Waals surface area contributed by atoms with Gasteiger partial charge in [0.05, 0.1) is 0 Å². The lowest BCUT2D eigenvalue weighted by Crippen LogP contribution is -2.37. The Hall–Kier alpha value is -1.36. The van der Waals surface area contributed by atoms with Crippen molar-refractivity contribution in [2.24, 2.45) is 0 Å². The van der Waals surface area contributed by atoms with Crippen molar-refractivity contribution in [2.75, 3.05) is 24.3 Å². The minimum Gasteiger partial charge on any atom is -0.377 e. The first-order valence-electron chi connectivity index (χ1n) is 7.54. The van der Waals surface area contributed by atoms with Crippen molar-refractivity contribution < 1.29 is 4.74 Å². The van der Waals surface area contributed by atoms with E-state index in [1.165, 1.54) is 32.1 Å². The van der Waals surface area contributed by atoms with E-state index < -0.39 is 0 Å². The number of aromatic nitrogens is 2. The number of hydrogen-bond donors (Lipinski definition) is 2. The van der Waals surface area contributed by atoms with Gasteiger partial charge in [0.25, 0.3) is 0 Å². The van der Waals surface area contributed by atoms with Crippen LogP contribution in [0.4, 0.5) is 11.6 Å². The van der Waals surface area contributed by atoms with E-state index in [-0.39, 0.29) is 5.54 Å². The van der Waals surface area contributed by atoms with Crippen LogP contribution in [0, 0.1) is 0 Å². The summed E-state index contributed by atoms with van der Waals surface area (Å²) in [7, 11) is 1.67. The summed E-state index contributed by atoms with van der Waals surface area (Å²) in [6, 6.07) is 1.99. The van der Waals surface area contributed by atoms with Crippen LogP contribution in [0.1, 0.15) is 51.8 Å². The summed E-state index contributed by atoms with van der Waals surface area (Å²) in [4.78, 5) is 9.00. The molecule has 112 valence electrons. The summed E-state index contributed by atoms with van der Waals surface area (Å²) >= 11 is 0. The van der Waals surface area contributed by atoms with E-state index in [4.69, 9.17) is 4.74 Å². The van der Waals surface area contributed by atoms with E-state index >= 15 is 0 Å². The van der Waals surface area contributed by atoms with Crippen LogP contribution in [0.3, 0.4) is 0 Å². The molecule has 1 saturated carbocycles. The lowest BCUT2D eigenvalue weighted by molar-refractivity contribution is 0.178. The smallest absolute Gasteiger partial charge is 0.158 e. The number of methoxy groups -OCH3 is 1. The Balaban J connectivity index is 2.16. The van der Waals surface area contributed by atoms with Crippen LogP contribution in [0.5, 0.6) is 0 Å². The molecule has 0 radical (unpaired) electrons. The summed E-state index contributed by atoms with van der Waals surface area (Å²) in [5.74, 6) is 2.47. The average molecular weight is 278 g/mol. The summed E-state index contributed by atoms with van der Waals surface area (Å²) < 4.78 is 5.15. The second kappa shape index (κ2) is 6.88. The Morgan fingerprint density at radius 3 is 2.55 bits per heavy atom. The molecule has 1 aromatic heterocycles. The van der Waals surface area contributed by atoms with Gasteiger partial charge in [-0.05, 0) is 26.7 Å². The van der Waals surface area contributed by atoms with Crippen LogP contribution >= 0.6 is 0 Å². The number of anilines is 2. The molecule has 0 spiro atoms. The molecule has 0 aliphatic heterocycles. The third-order valence-electron chi connectivity index (χ3n) is 3.79. The molecule has 1 fully saturated rings. The maximum absolute atomic E-state index is 5.15. The molecule has 1 aliphatic carbocycles. The van der Waals surface area contributed by atoms with Gasteiger partial charge >= 0.3 is 0 Å². The predicted octanol–water partition coefficient (Wildman–Crippen LogP) is 3.19. The quantitative estimate of drug-likeness (QED) is 0.837. The fourth-order valence-corrected chi connectivity index (χ4v) is 2.79. The van der Waals surface area contributed by atoms with E-state index in [2.05, 4.69) is 34.4 Å². The standard InChI is InChI=1S/C15H26N4O/c1-4-16-12-10-13(18-14(17-12)11-20-3)19-15(2)8-6-5-7-9-15/h10H,4-9,11H2,1-3H3,(H2,16,17,18,19). The second-order valence-corrected chi connectivity index (χ2v) is 5.76. The van der Waals surface area contributed by atoms with Crippen LogP contribution in [0.2, 0.25) is 0 Å². The fraction of sp³-hybridized carbons (Fsp3) is 0.733. The van der Waals surface area contributed by atoms with Crippen molar-refractivity contribution in [1.29, 1.82) is 0 Å². The van der Waals surface area contributed by atoms with Gasteiger partial charge in [-0.25, -0.2) is 9.97 Å². The number of ether oxygens (including phenoxy) is 1. The Morgan fingerprint density at radius 2 is 1.90 bits per heavy atom. The molecule has 1 aromatic rings. The summed E-state index contributed by atoms with van der Waals surface area (Å²) in [6.07, 6.45) is 6.33. The van der Waals surface area contributed by atoms with Crippen LogP contribution in [-0.4, -0.2) is 29.2 Å². The van der Waals surface area contributed by atoms with Gasteiger partial charge < -0.3 is 15.4 Å². The minimum absolute atomic E-state index is 0.153. The first-order chi connectivity index (χ1) is 9.65. The van der Waals surface area contributed by atoms with Gasteiger partial charge in [0.2, 0.25) is 0 Å². The van der Waals surface area contributed by atoms with Crippen LogP contribution in [0.25, 0.3) is 0 Å². The molecule has 1 aliphatic rings. The van der Waals surface area contributed by atoms with Gasteiger partial charge in [-0.3, -0.25) is 0 Å². The van der Waals surface area contributed by atoms with Crippen LogP contribution < -0.4 is 10.6 Å².